The van der Waals surface area contributed by atoms with Gasteiger partial charge < -0.3 is 4.98 Å². The van der Waals surface area contributed by atoms with Crippen molar-refractivity contribution >= 4 is 64.9 Å². The molecule has 0 aliphatic carbocycles. The number of para-hydroxylation sites is 1. The molecule has 0 saturated heterocycles. The lowest BCUT2D eigenvalue weighted by Gasteiger charge is -2.14. The Balaban J connectivity index is 1.50. The number of hydrogen-bond donors (Lipinski definition) is 1. The summed E-state index contributed by atoms with van der Waals surface area (Å²) in [6.45, 7) is 0. The Hall–Kier alpha value is -4.36. The highest BCUT2D eigenvalue weighted by molar-refractivity contribution is 6.26. The van der Waals surface area contributed by atoms with E-state index in [2.05, 4.69) is 114 Å². The minimum atomic E-state index is 1.19. The van der Waals surface area contributed by atoms with E-state index in [1.807, 2.05) is 0 Å². The minimum absolute atomic E-state index is 1.19. The van der Waals surface area contributed by atoms with Crippen molar-refractivity contribution in [3.63, 3.8) is 0 Å². The molecule has 7 aromatic carbocycles. The zero-order chi connectivity index (χ0) is 21.5. The Kier molecular flexibility index (Phi) is 3.19. The van der Waals surface area contributed by atoms with Gasteiger partial charge >= 0.3 is 0 Å². The molecule has 0 aliphatic rings. The maximum atomic E-state index is 3.77. The third-order valence-corrected chi connectivity index (χ3v) is 7.32. The molecule has 0 spiro atoms. The number of rotatable bonds is 1. The first-order chi connectivity index (χ1) is 16.3. The summed E-state index contributed by atoms with van der Waals surface area (Å²) in [5, 5.41) is 13.0. The Morgan fingerprint density at radius 1 is 0.394 bits per heavy atom. The van der Waals surface area contributed by atoms with Gasteiger partial charge in [-0.3, -0.25) is 0 Å². The van der Waals surface area contributed by atoms with Gasteiger partial charge in [0.15, 0.2) is 0 Å². The molecule has 1 N–H and O–H groups in total. The zero-order valence-corrected chi connectivity index (χ0v) is 17.9. The van der Waals surface area contributed by atoms with Gasteiger partial charge in [-0.05, 0) is 60.8 Å². The van der Waals surface area contributed by atoms with Crippen LogP contribution in [-0.4, -0.2) is 4.98 Å². The van der Waals surface area contributed by atoms with Crippen molar-refractivity contribution in [3.05, 3.63) is 109 Å². The molecule has 0 amide bonds. The molecule has 0 fully saturated rings. The second-order valence-corrected chi connectivity index (χ2v) is 9.07. The zero-order valence-electron chi connectivity index (χ0n) is 17.9. The van der Waals surface area contributed by atoms with Gasteiger partial charge in [0, 0.05) is 21.9 Å². The van der Waals surface area contributed by atoms with Crippen molar-refractivity contribution in [2.24, 2.45) is 0 Å². The van der Waals surface area contributed by atoms with Crippen LogP contribution >= 0.6 is 0 Å². The number of H-pyrrole nitrogens is 1. The molecule has 0 aliphatic heterocycles. The molecule has 0 bridgehead atoms. The molecule has 152 valence electrons. The predicted molar refractivity (Wildman–Crippen MR) is 142 cm³/mol. The molecule has 1 aromatic heterocycles. The van der Waals surface area contributed by atoms with Gasteiger partial charge in [0.05, 0.1) is 5.52 Å². The third-order valence-electron chi connectivity index (χ3n) is 7.32. The molecule has 0 radical (unpaired) electrons. The monoisotopic (exact) mass is 417 g/mol. The van der Waals surface area contributed by atoms with Crippen LogP contribution in [0.4, 0.5) is 0 Å². The first-order valence-electron chi connectivity index (χ1n) is 11.5. The smallest absolute Gasteiger partial charge is 0.0544 e. The van der Waals surface area contributed by atoms with E-state index < -0.39 is 0 Å². The highest BCUT2D eigenvalue weighted by atomic mass is 14.7. The van der Waals surface area contributed by atoms with Gasteiger partial charge in [0.1, 0.15) is 0 Å². The number of aromatic amines is 1. The number of aromatic nitrogens is 1. The Labute approximate surface area is 190 Å². The summed E-state index contributed by atoms with van der Waals surface area (Å²) < 4.78 is 0. The maximum Gasteiger partial charge on any atom is 0.0544 e. The second-order valence-electron chi connectivity index (χ2n) is 9.07. The van der Waals surface area contributed by atoms with Crippen LogP contribution < -0.4 is 0 Å². The van der Waals surface area contributed by atoms with Gasteiger partial charge in [-0.1, -0.05) is 97.1 Å². The van der Waals surface area contributed by atoms with Crippen molar-refractivity contribution in [2.75, 3.05) is 0 Å². The van der Waals surface area contributed by atoms with Gasteiger partial charge in [-0.2, -0.15) is 0 Å². The molecule has 33 heavy (non-hydrogen) atoms. The standard InChI is InChI=1S/C32H19N/c1-2-6-23-18-29-28(17-22(23)5-1)27-10-4-9-26(32(27)33-29)24-15-13-21-12-11-19-7-3-8-20-14-16-25(24)31(21)30(19)20/h1-18,33H. The summed E-state index contributed by atoms with van der Waals surface area (Å²) in [5.41, 5.74) is 4.93. The molecule has 0 saturated carbocycles. The summed E-state index contributed by atoms with van der Waals surface area (Å²) in [4.78, 5) is 3.77. The third kappa shape index (κ3) is 2.26. The van der Waals surface area contributed by atoms with Gasteiger partial charge in [0.25, 0.3) is 0 Å². The minimum Gasteiger partial charge on any atom is -0.354 e. The van der Waals surface area contributed by atoms with Crippen molar-refractivity contribution in [3.8, 4) is 11.1 Å². The van der Waals surface area contributed by atoms with Crippen molar-refractivity contribution < 1.29 is 0 Å². The lowest BCUT2D eigenvalue weighted by Crippen LogP contribution is -1.88. The van der Waals surface area contributed by atoms with Crippen LogP contribution in [0.5, 0.6) is 0 Å². The van der Waals surface area contributed by atoms with E-state index in [9.17, 15) is 0 Å². The van der Waals surface area contributed by atoms with Crippen LogP contribution in [0, 0.1) is 0 Å². The fraction of sp³-hybridized carbons (Fsp3) is 0. The molecule has 0 atom stereocenters. The van der Waals surface area contributed by atoms with Crippen molar-refractivity contribution in [1.29, 1.82) is 0 Å². The Morgan fingerprint density at radius 3 is 1.91 bits per heavy atom. The van der Waals surface area contributed by atoms with Gasteiger partial charge in [-0.15, -0.1) is 0 Å². The number of benzene rings is 7. The van der Waals surface area contributed by atoms with Crippen LogP contribution in [-0.2, 0) is 0 Å². The molecular weight excluding hydrogens is 398 g/mol. The number of hydrogen-bond acceptors (Lipinski definition) is 0. The second kappa shape index (κ2) is 6.11. The quantitative estimate of drug-likeness (QED) is 0.256. The number of fused-ring (bicyclic) bond motifs is 4. The van der Waals surface area contributed by atoms with E-state index in [-0.39, 0.29) is 0 Å². The van der Waals surface area contributed by atoms with E-state index in [1.165, 1.54) is 76.0 Å². The number of nitrogens with one attached hydrogen (secondary N) is 1. The van der Waals surface area contributed by atoms with Crippen molar-refractivity contribution in [1.82, 2.24) is 4.98 Å². The summed E-state index contributed by atoms with van der Waals surface area (Å²) >= 11 is 0. The predicted octanol–water partition coefficient (Wildman–Crippen LogP) is 9.04. The van der Waals surface area contributed by atoms with Gasteiger partial charge in [-0.25, -0.2) is 0 Å². The fourth-order valence-corrected chi connectivity index (χ4v) is 5.81. The van der Waals surface area contributed by atoms with E-state index in [0.29, 0.717) is 0 Å². The van der Waals surface area contributed by atoms with Crippen LogP contribution in [0.25, 0.3) is 76.0 Å². The Morgan fingerprint density at radius 2 is 1.06 bits per heavy atom. The normalized spacial score (nSPS) is 12.2. The van der Waals surface area contributed by atoms with E-state index in [4.69, 9.17) is 0 Å². The summed E-state index contributed by atoms with van der Waals surface area (Å²) in [5.74, 6) is 0. The van der Waals surface area contributed by atoms with Crippen LogP contribution in [0.3, 0.4) is 0 Å². The topological polar surface area (TPSA) is 15.8 Å². The van der Waals surface area contributed by atoms with Crippen LogP contribution in [0.2, 0.25) is 0 Å². The SMILES string of the molecule is c1ccc2cc3c(cc2c1)[nH]c1c(-c2ccc4ccc5cccc6ccc2c4c56)cccc13. The summed E-state index contributed by atoms with van der Waals surface area (Å²) in [6.07, 6.45) is 0. The van der Waals surface area contributed by atoms with Crippen LogP contribution in [0.1, 0.15) is 0 Å². The van der Waals surface area contributed by atoms with E-state index in [0.717, 1.165) is 0 Å². The molecule has 8 aromatic rings. The van der Waals surface area contributed by atoms with Gasteiger partial charge in [0.2, 0.25) is 0 Å². The Bertz CT molecular complexity index is 2010. The largest absolute Gasteiger partial charge is 0.354 e. The molecule has 8 rings (SSSR count). The fourth-order valence-electron chi connectivity index (χ4n) is 5.81. The molecule has 0 unspecified atom stereocenters. The molecular formula is C32H19N. The van der Waals surface area contributed by atoms with E-state index >= 15 is 0 Å². The van der Waals surface area contributed by atoms with E-state index in [1.54, 1.807) is 0 Å². The van der Waals surface area contributed by atoms with Crippen LogP contribution in [0.15, 0.2) is 109 Å². The highest BCUT2D eigenvalue weighted by Crippen LogP contribution is 2.42. The first kappa shape index (κ1) is 17.2. The lowest BCUT2D eigenvalue weighted by molar-refractivity contribution is 1.55. The molecule has 1 heteroatoms. The average molecular weight is 418 g/mol. The highest BCUT2D eigenvalue weighted by Gasteiger charge is 2.15. The first-order valence-corrected chi connectivity index (χ1v) is 11.5. The average Bonchev–Trinajstić information content (AvgIpc) is 3.23. The lowest BCUT2D eigenvalue weighted by atomic mass is 9.89. The van der Waals surface area contributed by atoms with Crippen molar-refractivity contribution in [2.45, 2.75) is 0 Å². The molecule has 1 heterocycles. The maximum absolute atomic E-state index is 3.77. The summed E-state index contributed by atoms with van der Waals surface area (Å²) in [6, 6.07) is 40.1. The summed E-state index contributed by atoms with van der Waals surface area (Å²) in [7, 11) is 0. The molecule has 1 nitrogen and oxygen atoms in total.